The molecular formula is C23H22N6O3. The number of nitrogens with zero attached hydrogens (tertiary/aromatic N) is 4. The van der Waals surface area contributed by atoms with Gasteiger partial charge in [0.2, 0.25) is 11.8 Å². The zero-order chi connectivity index (χ0) is 22.7. The summed E-state index contributed by atoms with van der Waals surface area (Å²) in [5.74, 6) is -1.52. The number of H-pyrrole nitrogens is 1. The predicted molar refractivity (Wildman–Crippen MR) is 117 cm³/mol. The molecule has 9 nitrogen and oxygen atoms in total. The van der Waals surface area contributed by atoms with Crippen LogP contribution in [0.25, 0.3) is 10.9 Å². The number of nitrogens with one attached hydrogen (secondary N) is 2. The van der Waals surface area contributed by atoms with Crippen molar-refractivity contribution in [3.8, 4) is 6.07 Å². The number of hydrogen-bond acceptors (Lipinski definition) is 5. The second-order valence-electron chi connectivity index (χ2n) is 7.76. The topological polar surface area (TPSA) is 122 Å². The van der Waals surface area contributed by atoms with Crippen LogP contribution in [0, 0.1) is 17.2 Å². The summed E-state index contributed by atoms with van der Waals surface area (Å²) in [6.07, 6.45) is 0.253. The Kier molecular flexibility index (Phi) is 5.85. The summed E-state index contributed by atoms with van der Waals surface area (Å²) < 4.78 is 0. The number of aromatic nitrogens is 2. The first-order chi connectivity index (χ1) is 15.5. The van der Waals surface area contributed by atoms with E-state index in [1.165, 1.54) is 16.8 Å². The number of para-hydroxylation sites is 2. The molecule has 3 amide bonds. The quantitative estimate of drug-likeness (QED) is 0.641. The van der Waals surface area contributed by atoms with Crippen LogP contribution >= 0.6 is 0 Å². The van der Waals surface area contributed by atoms with Gasteiger partial charge in [-0.15, -0.1) is 0 Å². The second-order valence-corrected chi connectivity index (χ2v) is 7.76. The minimum Gasteiger partial charge on any atom is -0.331 e. The SMILES string of the molecule is CN(CC(=O)N1CC(C(=O)Nc2ccccc2)CC1C#N)C(=O)c1n[nH]c2ccccc12. The van der Waals surface area contributed by atoms with Crippen molar-refractivity contribution in [3.05, 3.63) is 60.3 Å². The van der Waals surface area contributed by atoms with Crippen molar-refractivity contribution in [3.63, 3.8) is 0 Å². The van der Waals surface area contributed by atoms with E-state index in [9.17, 15) is 19.6 Å². The zero-order valence-electron chi connectivity index (χ0n) is 17.5. The lowest BCUT2D eigenvalue weighted by molar-refractivity contribution is -0.131. The van der Waals surface area contributed by atoms with Crippen molar-refractivity contribution in [2.45, 2.75) is 12.5 Å². The number of rotatable bonds is 5. The van der Waals surface area contributed by atoms with Crippen LogP contribution in [0.4, 0.5) is 5.69 Å². The fourth-order valence-corrected chi connectivity index (χ4v) is 3.86. The molecule has 9 heteroatoms. The average molecular weight is 430 g/mol. The molecule has 1 saturated heterocycles. The molecule has 32 heavy (non-hydrogen) atoms. The Morgan fingerprint density at radius 3 is 2.66 bits per heavy atom. The average Bonchev–Trinajstić information content (AvgIpc) is 3.44. The molecule has 1 aliphatic heterocycles. The molecule has 0 radical (unpaired) electrons. The number of hydrogen-bond donors (Lipinski definition) is 2. The lowest BCUT2D eigenvalue weighted by Crippen LogP contribution is -2.43. The third-order valence-electron chi connectivity index (χ3n) is 5.57. The predicted octanol–water partition coefficient (Wildman–Crippen LogP) is 2.01. The van der Waals surface area contributed by atoms with Gasteiger partial charge in [-0.1, -0.05) is 36.4 Å². The monoisotopic (exact) mass is 430 g/mol. The Bertz CT molecular complexity index is 1200. The van der Waals surface area contributed by atoms with E-state index in [1.54, 1.807) is 18.2 Å². The van der Waals surface area contributed by atoms with Crippen LogP contribution in [-0.2, 0) is 9.59 Å². The van der Waals surface area contributed by atoms with Gasteiger partial charge in [0.15, 0.2) is 5.69 Å². The standard InChI is InChI=1S/C23H22N6O3/c1-28(23(32)21-18-9-5-6-10-19(18)26-27-21)14-20(30)29-13-15(11-17(29)12-24)22(31)25-16-7-3-2-4-8-16/h2-10,15,17H,11,13-14H2,1H3,(H,25,31)(H,26,27). The molecule has 0 aliphatic carbocycles. The van der Waals surface area contributed by atoms with Gasteiger partial charge < -0.3 is 15.1 Å². The summed E-state index contributed by atoms with van der Waals surface area (Å²) in [6, 6.07) is 17.6. The molecule has 2 heterocycles. The van der Waals surface area contributed by atoms with Gasteiger partial charge in [0.1, 0.15) is 6.04 Å². The Hall–Kier alpha value is -4.19. The molecule has 0 saturated carbocycles. The van der Waals surface area contributed by atoms with E-state index in [2.05, 4.69) is 21.6 Å². The van der Waals surface area contributed by atoms with Gasteiger partial charge in [0, 0.05) is 24.7 Å². The van der Waals surface area contributed by atoms with E-state index in [0.29, 0.717) is 11.1 Å². The van der Waals surface area contributed by atoms with E-state index in [0.717, 1.165) is 5.52 Å². The highest BCUT2D eigenvalue weighted by atomic mass is 16.2. The van der Waals surface area contributed by atoms with Crippen LogP contribution in [0.5, 0.6) is 0 Å². The van der Waals surface area contributed by atoms with Crippen LogP contribution < -0.4 is 5.32 Å². The number of likely N-dealkylation sites (N-methyl/N-ethyl adjacent to an activating group) is 1. The molecule has 162 valence electrons. The van der Waals surface area contributed by atoms with Gasteiger partial charge >= 0.3 is 0 Å². The van der Waals surface area contributed by atoms with Crippen LogP contribution in [0.15, 0.2) is 54.6 Å². The smallest absolute Gasteiger partial charge is 0.275 e. The molecule has 1 aromatic heterocycles. The third kappa shape index (κ3) is 4.16. The zero-order valence-corrected chi connectivity index (χ0v) is 17.5. The maximum absolute atomic E-state index is 12.9. The Labute approximate surface area is 184 Å². The molecule has 3 aromatic rings. The maximum atomic E-state index is 12.9. The summed E-state index contributed by atoms with van der Waals surface area (Å²) in [5, 5.41) is 19.9. The molecule has 2 aromatic carbocycles. The Morgan fingerprint density at radius 1 is 1.19 bits per heavy atom. The van der Waals surface area contributed by atoms with Crippen LogP contribution in [0.3, 0.4) is 0 Å². The van der Waals surface area contributed by atoms with E-state index in [1.807, 2.05) is 36.4 Å². The van der Waals surface area contributed by atoms with Crippen molar-refractivity contribution in [1.29, 1.82) is 5.26 Å². The number of fused-ring (bicyclic) bond motifs is 1. The second kappa shape index (κ2) is 8.89. The fourth-order valence-electron chi connectivity index (χ4n) is 3.86. The minimum absolute atomic E-state index is 0.128. The number of carbonyl (C=O) groups excluding carboxylic acids is 3. The molecule has 0 bridgehead atoms. The maximum Gasteiger partial charge on any atom is 0.275 e. The van der Waals surface area contributed by atoms with Crippen molar-refractivity contribution in [1.82, 2.24) is 20.0 Å². The number of aromatic amines is 1. The lowest BCUT2D eigenvalue weighted by atomic mass is 10.1. The van der Waals surface area contributed by atoms with Gasteiger partial charge in [-0.2, -0.15) is 10.4 Å². The van der Waals surface area contributed by atoms with Gasteiger partial charge in [0.05, 0.1) is 24.0 Å². The number of carbonyl (C=O) groups is 3. The van der Waals surface area contributed by atoms with Crippen LogP contribution in [-0.4, -0.2) is 63.9 Å². The first-order valence-corrected chi connectivity index (χ1v) is 10.2. The number of likely N-dealkylation sites (tertiary alicyclic amines) is 1. The molecule has 4 rings (SSSR count). The van der Waals surface area contributed by atoms with Crippen molar-refractivity contribution < 1.29 is 14.4 Å². The summed E-state index contributed by atoms with van der Waals surface area (Å²) in [5.41, 5.74) is 1.62. The Balaban J connectivity index is 1.41. The van der Waals surface area contributed by atoms with Crippen LogP contribution in [0.1, 0.15) is 16.9 Å². The fraction of sp³-hybridized carbons (Fsp3) is 0.261. The van der Waals surface area contributed by atoms with E-state index in [-0.39, 0.29) is 37.0 Å². The van der Waals surface area contributed by atoms with E-state index < -0.39 is 17.9 Å². The molecule has 1 aliphatic rings. The third-order valence-corrected chi connectivity index (χ3v) is 5.57. The number of benzene rings is 2. The van der Waals surface area contributed by atoms with Gasteiger partial charge in [-0.3, -0.25) is 19.5 Å². The van der Waals surface area contributed by atoms with Crippen LogP contribution in [0.2, 0.25) is 0 Å². The summed E-state index contributed by atoms with van der Waals surface area (Å²) in [7, 11) is 1.51. The molecule has 2 atom stereocenters. The van der Waals surface area contributed by atoms with Gasteiger partial charge in [-0.05, 0) is 24.6 Å². The van der Waals surface area contributed by atoms with E-state index >= 15 is 0 Å². The van der Waals surface area contributed by atoms with Crippen molar-refractivity contribution >= 4 is 34.3 Å². The summed E-state index contributed by atoms with van der Waals surface area (Å²) in [4.78, 5) is 41.0. The molecule has 2 N–H and O–H groups in total. The first kappa shape index (κ1) is 21.1. The normalized spacial score (nSPS) is 17.7. The summed E-state index contributed by atoms with van der Waals surface area (Å²) in [6.45, 7) is -0.0890. The number of nitriles is 1. The minimum atomic E-state index is -0.719. The lowest BCUT2D eigenvalue weighted by Gasteiger charge is -2.23. The van der Waals surface area contributed by atoms with Crippen molar-refractivity contribution in [2.24, 2.45) is 5.92 Å². The highest BCUT2D eigenvalue weighted by Crippen LogP contribution is 2.25. The van der Waals surface area contributed by atoms with E-state index in [4.69, 9.17) is 0 Å². The number of amides is 3. The number of anilines is 1. The summed E-state index contributed by atoms with van der Waals surface area (Å²) >= 11 is 0. The van der Waals surface area contributed by atoms with Crippen molar-refractivity contribution in [2.75, 3.05) is 25.5 Å². The highest BCUT2D eigenvalue weighted by molar-refractivity contribution is 6.05. The molecule has 2 unspecified atom stereocenters. The Morgan fingerprint density at radius 2 is 1.91 bits per heavy atom. The largest absolute Gasteiger partial charge is 0.331 e. The molecule has 1 fully saturated rings. The molecule has 0 spiro atoms. The first-order valence-electron chi connectivity index (χ1n) is 10.2. The van der Waals surface area contributed by atoms with Gasteiger partial charge in [-0.25, -0.2) is 0 Å². The van der Waals surface area contributed by atoms with Gasteiger partial charge in [0.25, 0.3) is 5.91 Å². The molecular weight excluding hydrogens is 408 g/mol. The highest BCUT2D eigenvalue weighted by Gasteiger charge is 2.39.